The van der Waals surface area contributed by atoms with Gasteiger partial charge in [-0.2, -0.15) is 0 Å². The largest absolute Gasteiger partial charge is 0.382 e. The number of hydrogen-bond donors (Lipinski definition) is 5. The zero-order valence-electron chi connectivity index (χ0n) is 11.6. The first-order valence-corrected chi connectivity index (χ1v) is 8.45. The number of benzene rings is 1. The van der Waals surface area contributed by atoms with Gasteiger partial charge in [-0.15, -0.1) is 0 Å². The molecule has 0 aromatic heterocycles. The van der Waals surface area contributed by atoms with Gasteiger partial charge < -0.3 is 15.3 Å². The summed E-state index contributed by atoms with van der Waals surface area (Å²) in [5.41, 5.74) is 0.745. The number of para-hydroxylation sites is 1. The van der Waals surface area contributed by atoms with Crippen LogP contribution in [0.25, 0.3) is 0 Å². The minimum atomic E-state index is -3.60. The SMILES string of the molecule is CP(=O)(O)C(O)CNCN(O)C(=O)CNc1ccccc1. The molecule has 0 aliphatic carbocycles. The summed E-state index contributed by atoms with van der Waals surface area (Å²) in [7, 11) is -3.60. The van der Waals surface area contributed by atoms with Crippen molar-refractivity contribution in [1.29, 1.82) is 0 Å². The van der Waals surface area contributed by atoms with E-state index in [1.54, 1.807) is 12.1 Å². The minimum absolute atomic E-state index is 0.100. The Morgan fingerprint density at radius 2 is 2.00 bits per heavy atom. The van der Waals surface area contributed by atoms with E-state index in [9.17, 15) is 19.7 Å². The monoisotopic (exact) mass is 317 g/mol. The van der Waals surface area contributed by atoms with Crippen molar-refractivity contribution in [2.75, 3.05) is 31.7 Å². The van der Waals surface area contributed by atoms with Crippen LogP contribution in [0.1, 0.15) is 0 Å². The second kappa shape index (κ2) is 8.11. The maximum atomic E-state index is 11.6. The van der Waals surface area contributed by atoms with Crippen molar-refractivity contribution in [1.82, 2.24) is 10.4 Å². The molecule has 9 heteroatoms. The summed E-state index contributed by atoms with van der Waals surface area (Å²) in [6.45, 7) is 0.467. The van der Waals surface area contributed by atoms with E-state index in [4.69, 9.17) is 4.89 Å². The zero-order valence-corrected chi connectivity index (χ0v) is 12.5. The molecule has 5 N–H and O–H groups in total. The number of carbonyl (C=O) groups is 1. The van der Waals surface area contributed by atoms with E-state index in [-0.39, 0.29) is 19.8 Å². The van der Waals surface area contributed by atoms with Crippen molar-refractivity contribution in [2.24, 2.45) is 0 Å². The smallest absolute Gasteiger partial charge is 0.266 e. The molecular weight excluding hydrogens is 297 g/mol. The van der Waals surface area contributed by atoms with Crippen LogP contribution in [0.4, 0.5) is 5.69 Å². The molecule has 0 aliphatic rings. The van der Waals surface area contributed by atoms with E-state index in [1.807, 2.05) is 18.2 Å². The highest BCUT2D eigenvalue weighted by atomic mass is 31.2. The average Bonchev–Trinajstić information content (AvgIpc) is 2.44. The van der Waals surface area contributed by atoms with E-state index in [2.05, 4.69) is 10.6 Å². The van der Waals surface area contributed by atoms with Gasteiger partial charge in [0.2, 0.25) is 7.37 Å². The van der Waals surface area contributed by atoms with Gasteiger partial charge in [-0.25, -0.2) is 5.06 Å². The number of nitrogens with zero attached hydrogens (tertiary/aromatic N) is 1. The van der Waals surface area contributed by atoms with E-state index < -0.39 is 19.1 Å². The second-order valence-electron chi connectivity index (χ2n) is 4.55. The van der Waals surface area contributed by atoms with Crippen LogP contribution in [0.2, 0.25) is 0 Å². The van der Waals surface area contributed by atoms with Gasteiger partial charge in [0.15, 0.2) is 0 Å². The Morgan fingerprint density at radius 3 is 2.57 bits per heavy atom. The maximum absolute atomic E-state index is 11.6. The molecule has 0 saturated carbocycles. The standard InChI is InChI=1S/C12H20N3O5P/c1-21(19,20)12(17)8-13-9-15(18)11(16)7-14-10-5-3-2-4-6-10/h2-6,12-14,17-18H,7-9H2,1H3,(H,19,20). The lowest BCUT2D eigenvalue weighted by atomic mass is 10.3. The number of carbonyl (C=O) groups excluding carboxylic acids is 1. The molecule has 0 aliphatic heterocycles. The van der Waals surface area contributed by atoms with Crippen molar-refractivity contribution >= 4 is 19.0 Å². The van der Waals surface area contributed by atoms with Crippen LogP contribution in [0.5, 0.6) is 0 Å². The van der Waals surface area contributed by atoms with E-state index in [1.165, 1.54) is 0 Å². The molecule has 1 aromatic carbocycles. The normalized spacial score (nSPS) is 15.0. The highest BCUT2D eigenvalue weighted by Gasteiger charge is 2.22. The molecule has 0 radical (unpaired) electrons. The van der Waals surface area contributed by atoms with E-state index in [0.29, 0.717) is 5.06 Å². The van der Waals surface area contributed by atoms with Gasteiger partial charge in [0.25, 0.3) is 5.91 Å². The van der Waals surface area contributed by atoms with Crippen LogP contribution in [0.3, 0.4) is 0 Å². The third kappa shape index (κ3) is 6.70. The molecule has 2 atom stereocenters. The fourth-order valence-electron chi connectivity index (χ4n) is 1.38. The molecule has 0 spiro atoms. The molecule has 0 saturated heterocycles. The van der Waals surface area contributed by atoms with Gasteiger partial charge in [0, 0.05) is 18.9 Å². The van der Waals surface area contributed by atoms with Gasteiger partial charge in [-0.3, -0.25) is 19.9 Å². The Labute approximate surface area is 122 Å². The molecule has 0 bridgehead atoms. The zero-order chi connectivity index (χ0) is 15.9. The topological polar surface area (TPSA) is 122 Å². The lowest BCUT2D eigenvalue weighted by molar-refractivity contribution is -0.164. The quantitative estimate of drug-likeness (QED) is 0.199. The lowest BCUT2D eigenvalue weighted by Crippen LogP contribution is -2.41. The number of anilines is 1. The van der Waals surface area contributed by atoms with E-state index in [0.717, 1.165) is 12.4 Å². The van der Waals surface area contributed by atoms with Gasteiger partial charge >= 0.3 is 0 Å². The Hall–Kier alpha value is -1.44. The molecule has 1 aromatic rings. The summed E-state index contributed by atoms with van der Waals surface area (Å²) in [4.78, 5) is 20.7. The molecule has 118 valence electrons. The number of rotatable bonds is 8. The maximum Gasteiger partial charge on any atom is 0.266 e. The van der Waals surface area contributed by atoms with Crippen LogP contribution in [-0.4, -0.2) is 58.4 Å². The Balaban J connectivity index is 2.27. The van der Waals surface area contributed by atoms with Crippen LogP contribution < -0.4 is 10.6 Å². The number of hydroxylamine groups is 2. The average molecular weight is 317 g/mol. The lowest BCUT2D eigenvalue weighted by Gasteiger charge is -2.19. The van der Waals surface area contributed by atoms with Crippen LogP contribution in [0, 0.1) is 0 Å². The number of nitrogens with one attached hydrogen (secondary N) is 2. The molecule has 0 fully saturated rings. The van der Waals surface area contributed by atoms with Gasteiger partial charge in [0.05, 0.1) is 13.2 Å². The summed E-state index contributed by atoms with van der Waals surface area (Å²) in [6, 6.07) is 9.02. The third-order valence-corrected chi connectivity index (χ3v) is 3.94. The first kappa shape index (κ1) is 17.6. The predicted octanol–water partition coefficient (Wildman–Crippen LogP) is 0.0820. The van der Waals surface area contributed by atoms with Crippen LogP contribution in [-0.2, 0) is 9.36 Å². The molecular formula is C12H20N3O5P. The van der Waals surface area contributed by atoms with E-state index >= 15 is 0 Å². The third-order valence-electron chi connectivity index (χ3n) is 2.65. The Bertz CT molecular complexity index is 493. The van der Waals surface area contributed by atoms with Crippen molar-refractivity contribution in [3.63, 3.8) is 0 Å². The highest BCUT2D eigenvalue weighted by molar-refractivity contribution is 7.57. The van der Waals surface area contributed by atoms with Gasteiger partial charge in [-0.1, -0.05) is 18.2 Å². The highest BCUT2D eigenvalue weighted by Crippen LogP contribution is 2.39. The molecule has 1 rings (SSSR count). The molecule has 0 heterocycles. The Kier molecular flexibility index (Phi) is 6.80. The summed E-state index contributed by atoms with van der Waals surface area (Å²) in [5.74, 6) is -2.02. The predicted molar refractivity (Wildman–Crippen MR) is 78.2 cm³/mol. The first-order chi connectivity index (χ1) is 9.80. The molecule has 1 amide bonds. The van der Waals surface area contributed by atoms with Gasteiger partial charge in [-0.05, 0) is 12.1 Å². The number of amides is 1. The number of hydrogen-bond acceptors (Lipinski definition) is 6. The Morgan fingerprint density at radius 1 is 1.38 bits per heavy atom. The summed E-state index contributed by atoms with van der Waals surface area (Å²) >= 11 is 0. The van der Waals surface area contributed by atoms with Crippen molar-refractivity contribution < 1.29 is 24.6 Å². The summed E-state index contributed by atoms with van der Waals surface area (Å²) in [5, 5.41) is 24.6. The van der Waals surface area contributed by atoms with Crippen LogP contribution >= 0.6 is 7.37 Å². The van der Waals surface area contributed by atoms with Crippen molar-refractivity contribution in [3.8, 4) is 0 Å². The van der Waals surface area contributed by atoms with Crippen LogP contribution in [0.15, 0.2) is 30.3 Å². The molecule has 2 unspecified atom stereocenters. The van der Waals surface area contributed by atoms with Crippen molar-refractivity contribution in [2.45, 2.75) is 5.85 Å². The summed E-state index contributed by atoms with van der Waals surface area (Å²) in [6.07, 6.45) is 0. The summed E-state index contributed by atoms with van der Waals surface area (Å²) < 4.78 is 11.1. The first-order valence-electron chi connectivity index (χ1n) is 6.27. The molecule has 8 nitrogen and oxygen atoms in total. The number of aliphatic hydroxyl groups is 1. The van der Waals surface area contributed by atoms with Gasteiger partial charge in [0.1, 0.15) is 5.85 Å². The minimum Gasteiger partial charge on any atom is -0.382 e. The van der Waals surface area contributed by atoms with Crippen molar-refractivity contribution in [3.05, 3.63) is 30.3 Å². The second-order valence-corrected chi connectivity index (χ2v) is 7.03. The number of aliphatic hydroxyl groups excluding tert-OH is 1. The molecule has 21 heavy (non-hydrogen) atoms. The fourth-order valence-corrected chi connectivity index (χ4v) is 1.85. The fraction of sp³-hybridized carbons (Fsp3) is 0.417.